The molecule has 0 aromatic carbocycles. The maximum Gasteiger partial charge on any atom is 0.326 e. The predicted molar refractivity (Wildman–Crippen MR) is 76.9 cm³/mol. The van der Waals surface area contributed by atoms with Gasteiger partial charge >= 0.3 is 11.9 Å². The standard InChI is InChI=1S/C15H25NO5/c1-2-6-12(15(20)21)16(10-9-13(17)18)14(19)11-7-4-3-5-8-11/h11-12H,2-10H2,1H3,(H,17,18)(H,20,21). The van der Waals surface area contributed by atoms with E-state index in [1.807, 2.05) is 6.92 Å². The normalized spacial score (nSPS) is 17.2. The smallest absolute Gasteiger partial charge is 0.326 e. The SMILES string of the molecule is CCCC(C(=O)O)N(CCC(=O)O)C(=O)C1CCCCC1. The number of carbonyl (C=O) groups excluding carboxylic acids is 1. The number of carbonyl (C=O) groups is 3. The summed E-state index contributed by atoms with van der Waals surface area (Å²) in [6.45, 7) is 1.83. The van der Waals surface area contributed by atoms with Gasteiger partial charge in [-0.15, -0.1) is 0 Å². The average Bonchev–Trinajstić information content (AvgIpc) is 2.46. The molecule has 1 aliphatic rings. The lowest BCUT2D eigenvalue weighted by molar-refractivity contribution is -0.154. The second-order valence-corrected chi connectivity index (χ2v) is 5.65. The summed E-state index contributed by atoms with van der Waals surface area (Å²) in [6.07, 6.45) is 5.40. The van der Waals surface area contributed by atoms with Gasteiger partial charge in [0.05, 0.1) is 6.42 Å². The van der Waals surface area contributed by atoms with Crippen LogP contribution in [0.4, 0.5) is 0 Å². The van der Waals surface area contributed by atoms with Crippen molar-refractivity contribution in [2.24, 2.45) is 5.92 Å². The van der Waals surface area contributed by atoms with Crippen LogP contribution in [0.2, 0.25) is 0 Å². The molecule has 6 nitrogen and oxygen atoms in total. The quantitative estimate of drug-likeness (QED) is 0.716. The van der Waals surface area contributed by atoms with Crippen molar-refractivity contribution in [1.82, 2.24) is 4.90 Å². The average molecular weight is 299 g/mol. The summed E-state index contributed by atoms with van der Waals surface area (Å²) in [6, 6.07) is -0.913. The molecule has 1 atom stereocenters. The monoisotopic (exact) mass is 299 g/mol. The summed E-state index contributed by atoms with van der Waals surface area (Å²) in [5.41, 5.74) is 0. The Balaban J connectivity index is 2.84. The van der Waals surface area contributed by atoms with Crippen molar-refractivity contribution < 1.29 is 24.6 Å². The highest BCUT2D eigenvalue weighted by atomic mass is 16.4. The van der Waals surface area contributed by atoms with Crippen molar-refractivity contribution in [3.8, 4) is 0 Å². The molecule has 0 aromatic heterocycles. The summed E-state index contributed by atoms with van der Waals surface area (Å²) in [7, 11) is 0. The van der Waals surface area contributed by atoms with Crippen LogP contribution < -0.4 is 0 Å². The Labute approximate surface area is 125 Å². The van der Waals surface area contributed by atoms with E-state index in [4.69, 9.17) is 5.11 Å². The number of hydrogen-bond acceptors (Lipinski definition) is 3. The van der Waals surface area contributed by atoms with Crippen molar-refractivity contribution in [3.05, 3.63) is 0 Å². The molecule has 1 unspecified atom stereocenters. The summed E-state index contributed by atoms with van der Waals surface area (Å²) in [5, 5.41) is 18.2. The molecule has 1 saturated carbocycles. The van der Waals surface area contributed by atoms with Crippen LogP contribution in [-0.4, -0.2) is 45.5 Å². The summed E-state index contributed by atoms with van der Waals surface area (Å²) in [4.78, 5) is 36.1. The first kappa shape index (κ1) is 17.5. The molecule has 6 heteroatoms. The fraction of sp³-hybridized carbons (Fsp3) is 0.800. The van der Waals surface area contributed by atoms with Gasteiger partial charge in [-0.1, -0.05) is 32.6 Å². The number of rotatable bonds is 8. The molecule has 0 saturated heterocycles. The summed E-state index contributed by atoms with van der Waals surface area (Å²) in [5.74, 6) is -2.40. The Hall–Kier alpha value is -1.59. The Morgan fingerprint density at radius 2 is 1.76 bits per heavy atom. The molecule has 0 heterocycles. The van der Waals surface area contributed by atoms with Crippen molar-refractivity contribution in [3.63, 3.8) is 0 Å². The van der Waals surface area contributed by atoms with Gasteiger partial charge in [-0.2, -0.15) is 0 Å². The Kier molecular flexibility index (Phi) is 7.19. The molecular formula is C15H25NO5. The molecule has 0 aromatic rings. The maximum atomic E-state index is 12.6. The van der Waals surface area contributed by atoms with Crippen LogP contribution in [0.3, 0.4) is 0 Å². The van der Waals surface area contributed by atoms with E-state index in [0.717, 1.165) is 32.1 Å². The number of carboxylic acids is 2. The first-order valence-electron chi connectivity index (χ1n) is 7.72. The highest BCUT2D eigenvalue weighted by molar-refractivity contribution is 5.85. The van der Waals surface area contributed by atoms with E-state index in [1.54, 1.807) is 0 Å². The van der Waals surface area contributed by atoms with Gasteiger partial charge in [0.1, 0.15) is 6.04 Å². The van der Waals surface area contributed by atoms with Crippen LogP contribution in [0, 0.1) is 5.92 Å². The van der Waals surface area contributed by atoms with Gasteiger partial charge in [0.25, 0.3) is 0 Å². The van der Waals surface area contributed by atoms with Gasteiger partial charge in [0, 0.05) is 12.5 Å². The molecule has 21 heavy (non-hydrogen) atoms. The number of aliphatic carboxylic acids is 2. The molecule has 1 aliphatic carbocycles. The van der Waals surface area contributed by atoms with Crippen molar-refractivity contribution in [2.45, 2.75) is 64.3 Å². The van der Waals surface area contributed by atoms with Gasteiger partial charge in [-0.3, -0.25) is 9.59 Å². The minimum atomic E-state index is -1.05. The molecule has 0 spiro atoms. The van der Waals surface area contributed by atoms with Crippen LogP contribution in [0.1, 0.15) is 58.3 Å². The first-order chi connectivity index (χ1) is 9.97. The molecule has 1 fully saturated rings. The summed E-state index contributed by atoms with van der Waals surface area (Å²) < 4.78 is 0. The third-order valence-electron chi connectivity index (χ3n) is 4.03. The van der Waals surface area contributed by atoms with Gasteiger partial charge in [0.2, 0.25) is 5.91 Å². The second-order valence-electron chi connectivity index (χ2n) is 5.65. The van der Waals surface area contributed by atoms with Gasteiger partial charge < -0.3 is 15.1 Å². The van der Waals surface area contributed by atoms with Gasteiger partial charge in [-0.05, 0) is 19.3 Å². The Morgan fingerprint density at radius 1 is 1.14 bits per heavy atom. The van der Waals surface area contributed by atoms with Crippen molar-refractivity contribution in [1.29, 1.82) is 0 Å². The molecule has 2 N–H and O–H groups in total. The van der Waals surface area contributed by atoms with E-state index in [-0.39, 0.29) is 24.8 Å². The molecule has 1 amide bonds. The predicted octanol–water partition coefficient (Wildman–Crippen LogP) is 2.12. The molecule has 120 valence electrons. The zero-order valence-electron chi connectivity index (χ0n) is 12.6. The number of carboxylic acid groups (broad SMARTS) is 2. The van der Waals surface area contributed by atoms with Crippen molar-refractivity contribution in [2.75, 3.05) is 6.54 Å². The zero-order chi connectivity index (χ0) is 15.8. The van der Waals surface area contributed by atoms with E-state index in [0.29, 0.717) is 12.8 Å². The number of amides is 1. The third kappa shape index (κ3) is 5.36. The highest BCUT2D eigenvalue weighted by Crippen LogP contribution is 2.26. The number of nitrogens with zero attached hydrogens (tertiary/aromatic N) is 1. The molecule has 0 aliphatic heterocycles. The van der Waals surface area contributed by atoms with E-state index in [1.165, 1.54) is 4.90 Å². The van der Waals surface area contributed by atoms with E-state index >= 15 is 0 Å². The van der Waals surface area contributed by atoms with Crippen LogP contribution in [0.25, 0.3) is 0 Å². The highest BCUT2D eigenvalue weighted by Gasteiger charge is 2.33. The Bertz CT molecular complexity index is 376. The topological polar surface area (TPSA) is 94.9 Å². The van der Waals surface area contributed by atoms with Crippen LogP contribution >= 0.6 is 0 Å². The van der Waals surface area contributed by atoms with Crippen molar-refractivity contribution >= 4 is 17.8 Å². The van der Waals surface area contributed by atoms with Crippen LogP contribution in [-0.2, 0) is 14.4 Å². The maximum absolute atomic E-state index is 12.6. The minimum absolute atomic E-state index is 0.0262. The van der Waals surface area contributed by atoms with Crippen LogP contribution in [0.15, 0.2) is 0 Å². The first-order valence-corrected chi connectivity index (χ1v) is 7.72. The fourth-order valence-electron chi connectivity index (χ4n) is 2.91. The van der Waals surface area contributed by atoms with E-state index in [9.17, 15) is 19.5 Å². The Morgan fingerprint density at radius 3 is 2.24 bits per heavy atom. The molecule has 1 rings (SSSR count). The molecular weight excluding hydrogens is 274 g/mol. The molecule has 0 radical (unpaired) electrons. The van der Waals surface area contributed by atoms with E-state index < -0.39 is 18.0 Å². The van der Waals surface area contributed by atoms with E-state index in [2.05, 4.69) is 0 Å². The summed E-state index contributed by atoms with van der Waals surface area (Å²) >= 11 is 0. The van der Waals surface area contributed by atoms with Crippen LogP contribution in [0.5, 0.6) is 0 Å². The lowest BCUT2D eigenvalue weighted by Gasteiger charge is -2.33. The largest absolute Gasteiger partial charge is 0.481 e. The fourth-order valence-corrected chi connectivity index (χ4v) is 2.91. The zero-order valence-corrected chi connectivity index (χ0v) is 12.6. The van der Waals surface area contributed by atoms with Gasteiger partial charge in [0.15, 0.2) is 0 Å². The lowest BCUT2D eigenvalue weighted by Crippen LogP contribution is -2.48. The van der Waals surface area contributed by atoms with Gasteiger partial charge in [-0.25, -0.2) is 4.79 Å². The minimum Gasteiger partial charge on any atom is -0.481 e. The molecule has 0 bridgehead atoms. The third-order valence-corrected chi connectivity index (χ3v) is 4.03. The second kappa shape index (κ2) is 8.64. The lowest BCUT2D eigenvalue weighted by atomic mass is 9.87. The number of hydrogen-bond donors (Lipinski definition) is 2.